The van der Waals surface area contributed by atoms with Crippen LogP contribution in [0.2, 0.25) is 0 Å². The Morgan fingerprint density at radius 3 is 2.36 bits per heavy atom. The molecular weight excluding hydrogens is 335 g/mol. The predicted molar refractivity (Wildman–Crippen MR) is 103 cm³/mol. The molecule has 5 heteroatoms. The van der Waals surface area contributed by atoms with Gasteiger partial charge in [0.15, 0.2) is 0 Å². The van der Waals surface area contributed by atoms with Crippen LogP contribution in [0.15, 0.2) is 0 Å². The van der Waals surface area contributed by atoms with Gasteiger partial charge in [-0.05, 0) is 33.1 Å². The van der Waals surface area contributed by atoms with Gasteiger partial charge >= 0.3 is 13.8 Å². The van der Waals surface area contributed by atoms with Gasteiger partial charge in [-0.3, -0.25) is 0 Å². The summed E-state index contributed by atoms with van der Waals surface area (Å²) in [7, 11) is -1.83. The topological polar surface area (TPSA) is 52.6 Å². The first-order chi connectivity index (χ1) is 12.0. The fourth-order valence-electron chi connectivity index (χ4n) is 3.85. The van der Waals surface area contributed by atoms with Gasteiger partial charge in [0, 0.05) is 19.4 Å². The van der Waals surface area contributed by atoms with E-state index in [0.29, 0.717) is 25.6 Å². The van der Waals surface area contributed by atoms with Crippen molar-refractivity contribution in [2.75, 3.05) is 13.2 Å². The first-order valence-corrected chi connectivity index (χ1v) is 11.6. The maximum Gasteiger partial charge on any atom is 0.387 e. The van der Waals surface area contributed by atoms with E-state index in [1.807, 2.05) is 20.8 Å². The highest BCUT2D eigenvalue weighted by Crippen LogP contribution is 2.51. The molecule has 0 bridgehead atoms. The third kappa shape index (κ3) is 6.98. The first kappa shape index (κ1) is 22.6. The molecule has 0 aromatic heterocycles. The number of rotatable bonds is 12. The molecule has 25 heavy (non-hydrogen) atoms. The predicted octanol–water partition coefficient (Wildman–Crippen LogP) is 6.05. The van der Waals surface area contributed by atoms with Crippen LogP contribution >= 0.6 is 7.80 Å². The number of hydrogen-bond donors (Lipinski definition) is 0. The standard InChI is InChI=1S/C20H38O4P/c1-5-8-10-15-18(23-6-2)25(22)20(4,19(21)24-7-3)16-17-13-11-9-12-14-17/h17-18H,5-16H2,1-4H3/q+1. The largest absolute Gasteiger partial charge is 0.462 e. The lowest BCUT2D eigenvalue weighted by Crippen LogP contribution is -2.38. The molecule has 0 radical (unpaired) electrons. The van der Waals surface area contributed by atoms with E-state index in [1.54, 1.807) is 0 Å². The van der Waals surface area contributed by atoms with Crippen molar-refractivity contribution in [3.05, 3.63) is 0 Å². The fraction of sp³-hybridized carbons (Fsp3) is 0.950. The van der Waals surface area contributed by atoms with Crippen molar-refractivity contribution < 1.29 is 18.8 Å². The van der Waals surface area contributed by atoms with E-state index in [1.165, 1.54) is 19.3 Å². The van der Waals surface area contributed by atoms with Gasteiger partial charge in [-0.1, -0.05) is 56.4 Å². The molecule has 0 aromatic carbocycles. The molecule has 4 nitrogen and oxygen atoms in total. The molecular formula is C20H38O4P+. The van der Waals surface area contributed by atoms with Crippen LogP contribution in [0.25, 0.3) is 0 Å². The molecule has 0 N–H and O–H groups in total. The van der Waals surface area contributed by atoms with Crippen LogP contribution in [0.1, 0.15) is 91.9 Å². The van der Waals surface area contributed by atoms with E-state index in [4.69, 9.17) is 9.47 Å². The Balaban J connectivity index is 2.92. The van der Waals surface area contributed by atoms with Crippen LogP contribution in [0.4, 0.5) is 0 Å². The minimum Gasteiger partial charge on any atom is -0.462 e. The summed E-state index contributed by atoms with van der Waals surface area (Å²) in [4.78, 5) is 12.8. The number of carbonyl (C=O) groups is 1. The molecule has 0 amide bonds. The quantitative estimate of drug-likeness (QED) is 0.237. The number of ether oxygens (including phenoxy) is 2. The molecule has 1 aliphatic carbocycles. The van der Waals surface area contributed by atoms with Crippen molar-refractivity contribution in [2.24, 2.45) is 5.92 Å². The Bertz CT molecular complexity index is 407. The molecule has 1 saturated carbocycles. The normalized spacial score (nSPS) is 19.9. The van der Waals surface area contributed by atoms with Gasteiger partial charge in [0.05, 0.1) is 6.61 Å². The SMILES string of the molecule is CCCCCC(OCC)[P+](=O)C(C)(CC1CCCCC1)C(=O)OCC. The van der Waals surface area contributed by atoms with E-state index in [-0.39, 0.29) is 11.8 Å². The second-order valence-electron chi connectivity index (χ2n) is 7.43. The number of hydrogen-bond acceptors (Lipinski definition) is 4. The van der Waals surface area contributed by atoms with Gasteiger partial charge in [-0.2, -0.15) is 0 Å². The number of esters is 1. The summed E-state index contributed by atoms with van der Waals surface area (Å²) in [6, 6.07) is 0. The van der Waals surface area contributed by atoms with Crippen molar-refractivity contribution in [1.82, 2.24) is 0 Å². The zero-order chi connectivity index (χ0) is 18.7. The lowest BCUT2D eigenvalue weighted by Gasteiger charge is -2.28. The Morgan fingerprint density at radius 2 is 1.80 bits per heavy atom. The van der Waals surface area contributed by atoms with Crippen LogP contribution in [-0.4, -0.2) is 30.2 Å². The molecule has 0 heterocycles. The van der Waals surface area contributed by atoms with Crippen LogP contribution in [0.3, 0.4) is 0 Å². The molecule has 0 aromatic rings. The third-order valence-electron chi connectivity index (χ3n) is 5.29. The second-order valence-corrected chi connectivity index (χ2v) is 9.65. The lowest BCUT2D eigenvalue weighted by atomic mass is 9.83. The average molecular weight is 373 g/mol. The highest BCUT2D eigenvalue weighted by atomic mass is 31.1. The summed E-state index contributed by atoms with van der Waals surface area (Å²) in [5.74, 6) is -0.175. The number of carbonyl (C=O) groups excluding carboxylic acids is 1. The molecule has 3 atom stereocenters. The Morgan fingerprint density at radius 1 is 1.12 bits per heavy atom. The molecule has 0 aliphatic heterocycles. The summed E-state index contributed by atoms with van der Waals surface area (Å²) < 4.78 is 24.6. The van der Waals surface area contributed by atoms with Crippen molar-refractivity contribution in [1.29, 1.82) is 0 Å². The van der Waals surface area contributed by atoms with E-state index >= 15 is 0 Å². The van der Waals surface area contributed by atoms with E-state index in [0.717, 1.165) is 38.5 Å². The first-order valence-electron chi connectivity index (χ1n) is 10.2. The summed E-state index contributed by atoms with van der Waals surface area (Å²) in [5, 5.41) is -0.931. The third-order valence-corrected chi connectivity index (χ3v) is 7.56. The van der Waals surface area contributed by atoms with Gasteiger partial charge in [0.1, 0.15) is 0 Å². The monoisotopic (exact) mass is 373 g/mol. The number of unbranched alkanes of at least 4 members (excludes halogenated alkanes) is 2. The Labute approximate surface area is 155 Å². The maximum absolute atomic E-state index is 13.5. The molecule has 146 valence electrons. The Kier molecular flexibility index (Phi) is 10.8. The van der Waals surface area contributed by atoms with Gasteiger partial charge < -0.3 is 9.47 Å². The summed E-state index contributed by atoms with van der Waals surface area (Å²) in [5.41, 5.74) is 0. The van der Waals surface area contributed by atoms with E-state index in [2.05, 4.69) is 6.92 Å². The summed E-state index contributed by atoms with van der Waals surface area (Å²) in [6.07, 6.45) is 10.6. The van der Waals surface area contributed by atoms with Crippen LogP contribution in [-0.2, 0) is 18.8 Å². The van der Waals surface area contributed by atoms with Crippen molar-refractivity contribution in [3.8, 4) is 0 Å². The van der Waals surface area contributed by atoms with E-state index < -0.39 is 13.0 Å². The Hall–Kier alpha value is -0.470. The lowest BCUT2D eigenvalue weighted by molar-refractivity contribution is -0.146. The fourth-order valence-corrected chi connectivity index (χ4v) is 5.87. The average Bonchev–Trinajstić information content (AvgIpc) is 2.61. The van der Waals surface area contributed by atoms with Crippen LogP contribution in [0.5, 0.6) is 0 Å². The van der Waals surface area contributed by atoms with Gasteiger partial charge in [-0.15, -0.1) is 0 Å². The van der Waals surface area contributed by atoms with Gasteiger partial charge in [0.25, 0.3) is 11.0 Å². The maximum atomic E-state index is 13.5. The zero-order valence-electron chi connectivity index (χ0n) is 16.7. The highest BCUT2D eigenvalue weighted by molar-refractivity contribution is 7.48. The molecule has 0 spiro atoms. The highest BCUT2D eigenvalue weighted by Gasteiger charge is 2.57. The molecule has 3 unspecified atom stereocenters. The van der Waals surface area contributed by atoms with Crippen molar-refractivity contribution >= 4 is 13.8 Å². The van der Waals surface area contributed by atoms with Crippen molar-refractivity contribution in [2.45, 2.75) is 103 Å². The van der Waals surface area contributed by atoms with Gasteiger partial charge in [-0.25, -0.2) is 4.79 Å². The minimum atomic E-state index is -1.83. The molecule has 0 saturated heterocycles. The zero-order valence-corrected chi connectivity index (χ0v) is 17.6. The molecule has 1 fully saturated rings. The smallest absolute Gasteiger partial charge is 0.387 e. The molecule has 1 aliphatic rings. The summed E-state index contributed by atoms with van der Waals surface area (Å²) >= 11 is 0. The minimum absolute atomic E-state index is 0.304. The van der Waals surface area contributed by atoms with Crippen LogP contribution < -0.4 is 0 Å². The van der Waals surface area contributed by atoms with Crippen molar-refractivity contribution in [3.63, 3.8) is 0 Å². The van der Waals surface area contributed by atoms with Crippen LogP contribution in [0, 0.1) is 5.92 Å². The second kappa shape index (κ2) is 12.0. The molecule has 1 rings (SSSR count). The summed E-state index contributed by atoms with van der Waals surface area (Å²) in [6.45, 7) is 8.61. The van der Waals surface area contributed by atoms with E-state index in [9.17, 15) is 9.36 Å². The van der Waals surface area contributed by atoms with Gasteiger partial charge in [0.2, 0.25) is 0 Å².